The fraction of sp³-hybridized carbons (Fsp3) is 0.438. The fourth-order valence-electron chi connectivity index (χ4n) is 2.88. The Morgan fingerprint density at radius 2 is 2.14 bits per heavy atom. The van der Waals surface area contributed by atoms with E-state index < -0.39 is 0 Å². The molecular formula is C16H20N4O2. The van der Waals surface area contributed by atoms with Gasteiger partial charge < -0.3 is 10.0 Å². The zero-order valence-electron chi connectivity index (χ0n) is 12.8. The first-order chi connectivity index (χ1) is 10.5. The van der Waals surface area contributed by atoms with Crippen molar-refractivity contribution in [1.29, 1.82) is 0 Å². The lowest BCUT2D eigenvalue weighted by Crippen LogP contribution is -2.50. The van der Waals surface area contributed by atoms with Crippen LogP contribution in [-0.2, 0) is 0 Å². The molecule has 0 saturated carbocycles. The van der Waals surface area contributed by atoms with Crippen molar-refractivity contribution in [3.05, 3.63) is 42.2 Å². The molecule has 1 amide bonds. The zero-order chi connectivity index (χ0) is 15.7. The van der Waals surface area contributed by atoms with Crippen LogP contribution < -0.4 is 0 Å². The summed E-state index contributed by atoms with van der Waals surface area (Å²) in [5.74, 6) is -0.0360. The number of hydrogen-bond donors (Lipinski definition) is 1. The van der Waals surface area contributed by atoms with Crippen molar-refractivity contribution >= 4 is 5.91 Å². The minimum Gasteiger partial charge on any atom is -0.392 e. The maximum atomic E-state index is 12.9. The first-order valence-corrected chi connectivity index (χ1v) is 7.42. The quantitative estimate of drug-likeness (QED) is 0.912. The standard InChI is InChI=1S/C16H20N4O2/c1-16(2)11-19(9-7-14(16)21)15(22)12-5-3-4-6-13(12)20-10-8-17-18-20/h3-6,8,10,14,21H,7,9,11H2,1-2H3. The van der Waals surface area contributed by atoms with Crippen LogP contribution in [0.4, 0.5) is 0 Å². The monoisotopic (exact) mass is 300 g/mol. The maximum absolute atomic E-state index is 12.9. The van der Waals surface area contributed by atoms with Crippen LogP contribution in [0.1, 0.15) is 30.6 Å². The number of carbonyl (C=O) groups is 1. The molecule has 1 unspecified atom stereocenters. The predicted molar refractivity (Wildman–Crippen MR) is 81.7 cm³/mol. The fourth-order valence-corrected chi connectivity index (χ4v) is 2.88. The smallest absolute Gasteiger partial charge is 0.256 e. The molecule has 1 aromatic heterocycles. The molecule has 6 nitrogen and oxygen atoms in total. The van der Waals surface area contributed by atoms with Crippen LogP contribution in [0.2, 0.25) is 0 Å². The molecule has 1 aliphatic heterocycles. The minimum atomic E-state index is -0.373. The molecule has 1 saturated heterocycles. The van der Waals surface area contributed by atoms with Gasteiger partial charge in [0.15, 0.2) is 0 Å². The molecule has 1 aromatic carbocycles. The van der Waals surface area contributed by atoms with Crippen LogP contribution in [-0.4, -0.2) is 50.1 Å². The highest BCUT2D eigenvalue weighted by atomic mass is 16.3. The van der Waals surface area contributed by atoms with Crippen LogP contribution >= 0.6 is 0 Å². The topological polar surface area (TPSA) is 71.2 Å². The Labute approximate surface area is 129 Å². The molecule has 0 radical (unpaired) electrons. The zero-order valence-corrected chi connectivity index (χ0v) is 12.8. The summed E-state index contributed by atoms with van der Waals surface area (Å²) in [7, 11) is 0. The van der Waals surface area contributed by atoms with E-state index in [1.165, 1.54) is 0 Å². The van der Waals surface area contributed by atoms with Crippen molar-refractivity contribution in [2.75, 3.05) is 13.1 Å². The molecular weight excluding hydrogens is 280 g/mol. The van der Waals surface area contributed by atoms with Crippen LogP contribution in [0.15, 0.2) is 36.7 Å². The molecule has 1 fully saturated rings. The number of piperidine rings is 1. The number of aliphatic hydroxyl groups is 1. The number of para-hydroxylation sites is 1. The predicted octanol–water partition coefficient (Wildman–Crippen LogP) is 1.50. The summed E-state index contributed by atoms with van der Waals surface area (Å²) in [4.78, 5) is 14.7. The van der Waals surface area contributed by atoms with Crippen molar-refractivity contribution in [2.24, 2.45) is 5.41 Å². The summed E-state index contributed by atoms with van der Waals surface area (Å²) < 4.78 is 1.59. The molecule has 0 spiro atoms. The number of aliphatic hydroxyl groups excluding tert-OH is 1. The number of amides is 1. The van der Waals surface area contributed by atoms with Gasteiger partial charge in [0.2, 0.25) is 0 Å². The molecule has 22 heavy (non-hydrogen) atoms. The summed E-state index contributed by atoms with van der Waals surface area (Å²) in [5, 5.41) is 17.8. The van der Waals surface area contributed by atoms with E-state index in [2.05, 4.69) is 10.3 Å². The van der Waals surface area contributed by atoms with Crippen LogP contribution in [0.3, 0.4) is 0 Å². The first kappa shape index (κ1) is 14.7. The SMILES string of the molecule is CC1(C)CN(C(=O)c2ccccc2-n2ccnn2)CCC1O. The number of benzene rings is 1. The van der Waals surface area contributed by atoms with Crippen molar-refractivity contribution in [3.63, 3.8) is 0 Å². The van der Waals surface area contributed by atoms with E-state index in [1.807, 2.05) is 36.9 Å². The van der Waals surface area contributed by atoms with E-state index in [-0.39, 0.29) is 17.4 Å². The maximum Gasteiger partial charge on any atom is 0.256 e. The van der Waals surface area contributed by atoms with Crippen molar-refractivity contribution in [1.82, 2.24) is 19.9 Å². The minimum absolute atomic E-state index is 0.0360. The normalized spacial score (nSPS) is 20.9. The molecule has 0 aliphatic carbocycles. The number of rotatable bonds is 2. The van der Waals surface area contributed by atoms with E-state index in [9.17, 15) is 9.90 Å². The largest absolute Gasteiger partial charge is 0.392 e. The third-order valence-electron chi connectivity index (χ3n) is 4.26. The Hall–Kier alpha value is -2.21. The second-order valence-corrected chi connectivity index (χ2v) is 6.38. The lowest BCUT2D eigenvalue weighted by atomic mass is 9.81. The Morgan fingerprint density at radius 3 is 2.82 bits per heavy atom. The van der Waals surface area contributed by atoms with Gasteiger partial charge in [-0.2, -0.15) is 0 Å². The van der Waals surface area contributed by atoms with E-state index in [0.29, 0.717) is 30.8 Å². The first-order valence-electron chi connectivity index (χ1n) is 7.42. The summed E-state index contributed by atoms with van der Waals surface area (Å²) in [6.07, 6.45) is 3.53. The number of aromatic nitrogens is 3. The molecule has 116 valence electrons. The molecule has 2 aromatic rings. The van der Waals surface area contributed by atoms with E-state index in [1.54, 1.807) is 23.1 Å². The molecule has 1 atom stereocenters. The molecule has 3 rings (SSSR count). The van der Waals surface area contributed by atoms with Crippen molar-refractivity contribution in [2.45, 2.75) is 26.4 Å². The van der Waals surface area contributed by atoms with Crippen molar-refractivity contribution < 1.29 is 9.90 Å². The van der Waals surface area contributed by atoms with Crippen LogP contribution in [0.25, 0.3) is 5.69 Å². The Morgan fingerprint density at radius 1 is 1.36 bits per heavy atom. The molecule has 2 heterocycles. The number of likely N-dealkylation sites (tertiary alicyclic amines) is 1. The average molecular weight is 300 g/mol. The van der Waals surface area contributed by atoms with Crippen molar-refractivity contribution in [3.8, 4) is 5.69 Å². The van der Waals surface area contributed by atoms with Gasteiger partial charge >= 0.3 is 0 Å². The molecule has 1 aliphatic rings. The highest BCUT2D eigenvalue weighted by Gasteiger charge is 2.37. The summed E-state index contributed by atoms with van der Waals surface area (Å²) >= 11 is 0. The van der Waals surface area contributed by atoms with Gasteiger partial charge in [-0.1, -0.05) is 31.2 Å². The highest BCUT2D eigenvalue weighted by molar-refractivity contribution is 5.97. The number of carbonyl (C=O) groups excluding carboxylic acids is 1. The Bertz CT molecular complexity index is 667. The third kappa shape index (κ3) is 2.62. The second kappa shape index (κ2) is 5.53. The summed E-state index contributed by atoms with van der Waals surface area (Å²) in [5.41, 5.74) is 1.02. The highest BCUT2D eigenvalue weighted by Crippen LogP contribution is 2.30. The number of nitrogens with zero attached hydrogens (tertiary/aromatic N) is 4. The average Bonchev–Trinajstić information content (AvgIpc) is 3.03. The lowest BCUT2D eigenvalue weighted by Gasteiger charge is -2.41. The summed E-state index contributed by atoms with van der Waals surface area (Å²) in [6, 6.07) is 7.37. The van der Waals surface area contributed by atoms with Gasteiger partial charge in [-0.25, -0.2) is 4.68 Å². The Kier molecular flexibility index (Phi) is 3.70. The van der Waals surface area contributed by atoms with E-state index >= 15 is 0 Å². The Balaban J connectivity index is 1.91. The van der Waals surface area contributed by atoms with Gasteiger partial charge in [-0.3, -0.25) is 4.79 Å². The number of hydrogen-bond acceptors (Lipinski definition) is 4. The van der Waals surface area contributed by atoms with Gasteiger partial charge in [-0.05, 0) is 18.6 Å². The van der Waals surface area contributed by atoms with Crippen LogP contribution in [0.5, 0.6) is 0 Å². The molecule has 0 bridgehead atoms. The van der Waals surface area contributed by atoms with Gasteiger partial charge in [0.25, 0.3) is 5.91 Å². The van der Waals surface area contributed by atoms with E-state index in [4.69, 9.17) is 0 Å². The van der Waals surface area contributed by atoms with Crippen LogP contribution in [0, 0.1) is 5.41 Å². The molecule has 6 heteroatoms. The second-order valence-electron chi connectivity index (χ2n) is 6.38. The van der Waals surface area contributed by atoms with Gasteiger partial charge in [0, 0.05) is 18.5 Å². The van der Waals surface area contributed by atoms with E-state index in [0.717, 1.165) is 0 Å². The molecule has 1 N–H and O–H groups in total. The van der Waals surface area contributed by atoms with Gasteiger partial charge in [0.1, 0.15) is 0 Å². The summed E-state index contributed by atoms with van der Waals surface area (Å²) in [6.45, 7) is 5.08. The van der Waals surface area contributed by atoms with Gasteiger partial charge in [0.05, 0.1) is 29.7 Å². The third-order valence-corrected chi connectivity index (χ3v) is 4.26. The van der Waals surface area contributed by atoms with Gasteiger partial charge in [-0.15, -0.1) is 5.10 Å². The lowest BCUT2D eigenvalue weighted by molar-refractivity contribution is -0.0182.